The van der Waals surface area contributed by atoms with Gasteiger partial charge >= 0.3 is 0 Å². The number of nitrogens with two attached hydrogens (primary N) is 2. The van der Waals surface area contributed by atoms with Crippen molar-refractivity contribution in [3.8, 4) is 46.0 Å². The molecule has 0 aliphatic carbocycles. The van der Waals surface area contributed by atoms with Gasteiger partial charge in [-0.05, 0) is 47.5 Å². The average molecular weight is 705 g/mol. The fourth-order valence-electron chi connectivity index (χ4n) is 5.42. The Morgan fingerprint density at radius 1 is 0.480 bits per heavy atom. The topological polar surface area (TPSA) is 143 Å². The summed E-state index contributed by atoms with van der Waals surface area (Å²) in [5.74, 6) is 4.15. The van der Waals surface area contributed by atoms with E-state index in [1.165, 1.54) is 0 Å². The van der Waals surface area contributed by atoms with Crippen LogP contribution in [0.15, 0.2) is 72.8 Å². The average Bonchev–Trinajstić information content (AvgIpc) is 3.14. The summed E-state index contributed by atoms with van der Waals surface area (Å²) in [5, 5.41) is -1.42. The summed E-state index contributed by atoms with van der Waals surface area (Å²) >= 11 is 0. The maximum absolute atomic E-state index is 15.1. The molecule has 12 heteroatoms. The Kier molecular flexibility index (Phi) is 12.9. The van der Waals surface area contributed by atoms with Gasteiger partial charge in [-0.25, -0.2) is 0 Å². The van der Waals surface area contributed by atoms with Crippen LogP contribution in [0.1, 0.15) is 32.8 Å². The van der Waals surface area contributed by atoms with Crippen molar-refractivity contribution < 1.29 is 42.1 Å². The molecule has 4 rings (SSSR count). The van der Waals surface area contributed by atoms with Crippen molar-refractivity contribution in [1.29, 1.82) is 0 Å². The molecular formula is C38H44N2O9S. The molecule has 0 amide bonds. The zero-order valence-corrected chi connectivity index (χ0v) is 30.3. The van der Waals surface area contributed by atoms with Crippen LogP contribution < -0.4 is 49.4 Å². The van der Waals surface area contributed by atoms with E-state index < -0.39 is 21.3 Å². The lowest BCUT2D eigenvalue weighted by molar-refractivity contribution is 0.374. The van der Waals surface area contributed by atoms with Crippen LogP contribution in [0.2, 0.25) is 0 Å². The lowest BCUT2D eigenvalue weighted by atomic mass is 10.1. The zero-order chi connectivity index (χ0) is 36.4. The van der Waals surface area contributed by atoms with E-state index in [9.17, 15) is 0 Å². The lowest BCUT2D eigenvalue weighted by Crippen LogP contribution is -2.13. The first-order valence-electron chi connectivity index (χ1n) is 15.4. The van der Waals surface area contributed by atoms with E-state index in [1.54, 1.807) is 105 Å². The van der Waals surface area contributed by atoms with Gasteiger partial charge in [0, 0.05) is 35.1 Å². The smallest absolute Gasteiger partial charge is 0.141 e. The van der Waals surface area contributed by atoms with Crippen LogP contribution in [0.4, 0.5) is 11.4 Å². The van der Waals surface area contributed by atoms with E-state index in [2.05, 4.69) is 0 Å². The number of anilines is 2. The fraction of sp³-hybridized carbons (Fsp3) is 0.263. The van der Waals surface area contributed by atoms with Gasteiger partial charge in [-0.3, -0.25) is 4.21 Å². The quantitative estimate of drug-likeness (QED) is 0.118. The van der Waals surface area contributed by atoms with Crippen LogP contribution in [0.25, 0.3) is 12.2 Å². The van der Waals surface area contributed by atoms with Gasteiger partial charge in [-0.1, -0.05) is 24.3 Å². The summed E-state index contributed by atoms with van der Waals surface area (Å²) in [6, 6.07) is 17.7. The van der Waals surface area contributed by atoms with Gasteiger partial charge in [-0.2, -0.15) is 0 Å². The summed E-state index contributed by atoms with van der Waals surface area (Å²) in [6.45, 7) is 0. The number of hydrogen-bond acceptors (Lipinski definition) is 11. The van der Waals surface area contributed by atoms with Crippen molar-refractivity contribution in [3.63, 3.8) is 0 Å². The molecule has 0 bridgehead atoms. The molecule has 50 heavy (non-hydrogen) atoms. The van der Waals surface area contributed by atoms with Gasteiger partial charge in [0.25, 0.3) is 0 Å². The maximum Gasteiger partial charge on any atom is 0.141 e. The maximum atomic E-state index is 15.1. The van der Waals surface area contributed by atoms with Crippen molar-refractivity contribution in [1.82, 2.24) is 0 Å². The van der Waals surface area contributed by atoms with Gasteiger partial charge in [0.2, 0.25) is 0 Å². The number of methoxy groups -OCH3 is 8. The summed E-state index contributed by atoms with van der Waals surface area (Å²) in [7, 11) is 10.7. The monoisotopic (exact) mass is 704 g/mol. The van der Waals surface area contributed by atoms with Crippen LogP contribution >= 0.6 is 0 Å². The largest absolute Gasteiger partial charge is 0.496 e. The third-order valence-electron chi connectivity index (χ3n) is 8.05. The third kappa shape index (κ3) is 8.20. The second-order valence-electron chi connectivity index (χ2n) is 10.8. The van der Waals surface area contributed by atoms with Crippen molar-refractivity contribution in [2.75, 3.05) is 68.3 Å². The van der Waals surface area contributed by atoms with E-state index in [0.717, 1.165) is 0 Å². The van der Waals surface area contributed by atoms with Crippen molar-refractivity contribution in [3.05, 3.63) is 95.1 Å². The normalized spacial score (nSPS) is 13.0. The van der Waals surface area contributed by atoms with Crippen molar-refractivity contribution in [2.45, 2.75) is 10.5 Å². The highest BCUT2D eigenvalue weighted by atomic mass is 32.2. The van der Waals surface area contributed by atoms with Crippen LogP contribution in [-0.4, -0.2) is 61.1 Å². The minimum Gasteiger partial charge on any atom is -0.496 e. The Labute approximate surface area is 295 Å². The molecule has 4 N–H and O–H groups in total. The number of benzene rings is 4. The van der Waals surface area contributed by atoms with Gasteiger partial charge in [-0.15, -0.1) is 0 Å². The SMILES string of the molecule is COc1cc(OC)c(/C=C/C(c2ccc(OC)c(N)c2)S(=O)C(/C=C/c2c(OC)cc(OC)cc2OC)c2ccc(OC)c(N)c2)c(OC)c1. The van der Waals surface area contributed by atoms with Crippen LogP contribution in [-0.2, 0) is 10.8 Å². The number of ether oxygens (including phenoxy) is 8. The fourth-order valence-corrected chi connectivity index (χ4v) is 7.04. The molecule has 11 nitrogen and oxygen atoms in total. The highest BCUT2D eigenvalue weighted by Crippen LogP contribution is 2.41. The lowest BCUT2D eigenvalue weighted by Gasteiger charge is -2.22. The van der Waals surface area contributed by atoms with Gasteiger partial charge in [0.1, 0.15) is 46.0 Å². The van der Waals surface area contributed by atoms with Crippen LogP contribution in [0.5, 0.6) is 46.0 Å². The molecule has 0 fully saturated rings. The standard InChI is InChI=1S/C38H44N2O9S/c1-42-25-19-33(46-5)27(34(20-25)47-6)11-15-37(23-9-13-31(44-3)29(39)17-23)50(41)38(24-10-14-32(45-4)30(40)18-24)16-12-28-35(48-7)21-26(43-2)22-36(28)49-8/h9-22,37-38H,39-40H2,1-8H3/b15-11+,16-12+. The Morgan fingerprint density at radius 2 is 0.800 bits per heavy atom. The molecule has 0 saturated heterocycles. The molecule has 0 aromatic heterocycles. The first kappa shape index (κ1) is 37.3. The molecular weight excluding hydrogens is 660 g/mol. The predicted octanol–water partition coefficient (Wildman–Crippen LogP) is 6.88. The van der Waals surface area contributed by atoms with Gasteiger partial charge in [0.05, 0.1) is 89.9 Å². The summed E-state index contributed by atoms with van der Waals surface area (Å²) < 4.78 is 59.6. The Hall–Kier alpha value is -5.49. The number of hydrogen-bond donors (Lipinski definition) is 2. The van der Waals surface area contributed by atoms with E-state index in [0.29, 0.717) is 79.6 Å². The van der Waals surface area contributed by atoms with Crippen molar-refractivity contribution in [2.24, 2.45) is 0 Å². The molecule has 2 unspecified atom stereocenters. The molecule has 0 radical (unpaired) electrons. The van der Waals surface area contributed by atoms with E-state index in [4.69, 9.17) is 49.4 Å². The minimum atomic E-state index is -1.70. The first-order chi connectivity index (χ1) is 24.2. The molecule has 266 valence electrons. The number of nitrogen functional groups attached to an aromatic ring is 2. The second kappa shape index (κ2) is 17.3. The van der Waals surface area contributed by atoms with E-state index in [-0.39, 0.29) is 0 Å². The molecule has 2 atom stereocenters. The van der Waals surface area contributed by atoms with Gasteiger partial charge < -0.3 is 49.4 Å². The van der Waals surface area contributed by atoms with E-state index in [1.807, 2.05) is 36.4 Å². The van der Waals surface area contributed by atoms with Gasteiger partial charge in [0.15, 0.2) is 0 Å². The molecule has 0 heterocycles. The van der Waals surface area contributed by atoms with Crippen LogP contribution in [0.3, 0.4) is 0 Å². The van der Waals surface area contributed by atoms with E-state index >= 15 is 4.21 Å². The first-order valence-corrected chi connectivity index (χ1v) is 16.7. The Bertz CT molecular complexity index is 1690. The van der Waals surface area contributed by atoms with Crippen LogP contribution in [0, 0.1) is 0 Å². The summed E-state index contributed by atoms with van der Waals surface area (Å²) in [5.41, 5.74) is 16.2. The molecule has 0 spiro atoms. The second-order valence-corrected chi connectivity index (χ2v) is 12.5. The highest BCUT2D eigenvalue weighted by Gasteiger charge is 2.27. The third-order valence-corrected chi connectivity index (χ3v) is 9.91. The highest BCUT2D eigenvalue weighted by molar-refractivity contribution is 7.85. The van der Waals surface area contributed by atoms with Crippen molar-refractivity contribution >= 4 is 34.3 Å². The number of rotatable bonds is 16. The molecule has 4 aromatic rings. The molecule has 0 aliphatic heterocycles. The molecule has 0 aliphatic rings. The minimum absolute atomic E-state index is 0.397. The Balaban J connectivity index is 1.94. The predicted molar refractivity (Wildman–Crippen MR) is 199 cm³/mol. The Morgan fingerprint density at radius 3 is 1.06 bits per heavy atom. The zero-order valence-electron chi connectivity index (χ0n) is 29.5. The summed E-state index contributed by atoms with van der Waals surface area (Å²) in [4.78, 5) is 0. The summed E-state index contributed by atoms with van der Waals surface area (Å²) in [6.07, 6.45) is 7.32. The molecule has 4 aromatic carbocycles. The molecule has 0 saturated carbocycles.